The van der Waals surface area contributed by atoms with E-state index in [0.29, 0.717) is 12.5 Å². The van der Waals surface area contributed by atoms with Gasteiger partial charge in [-0.2, -0.15) is 0 Å². The van der Waals surface area contributed by atoms with Gasteiger partial charge in [0, 0.05) is 37.3 Å². The number of carbonyl (C=O) groups is 1. The number of hydrogen-bond donors (Lipinski definition) is 2. The second-order valence-corrected chi connectivity index (χ2v) is 4.51. The van der Waals surface area contributed by atoms with Crippen LogP contribution >= 0.6 is 0 Å². The fraction of sp³-hybridized carbons (Fsp3) is 0.538. The molecule has 0 aliphatic rings. The molecule has 1 aromatic heterocycles. The zero-order valence-electron chi connectivity index (χ0n) is 11.1. The van der Waals surface area contributed by atoms with E-state index < -0.39 is 0 Å². The van der Waals surface area contributed by atoms with Gasteiger partial charge in [0.05, 0.1) is 0 Å². The topological polar surface area (TPSA) is 71.2 Å². The summed E-state index contributed by atoms with van der Waals surface area (Å²) in [4.78, 5) is 17.6. The van der Waals surface area contributed by atoms with Crippen LogP contribution < -0.4 is 11.3 Å². The normalized spacial score (nSPS) is 12.4. The van der Waals surface area contributed by atoms with E-state index in [4.69, 9.17) is 5.84 Å². The van der Waals surface area contributed by atoms with E-state index in [0.717, 1.165) is 25.1 Å². The molecule has 0 saturated carbocycles. The smallest absolute Gasteiger partial charge is 0.233 e. The first-order valence-electron chi connectivity index (χ1n) is 6.23. The molecule has 0 aliphatic carbocycles. The summed E-state index contributed by atoms with van der Waals surface area (Å²) in [5, 5.41) is 0. The highest BCUT2D eigenvalue weighted by molar-refractivity contribution is 5.75. The SMILES string of the molecule is CC(CCC(=O)NN)N(C)CCc1ccccn1. The first-order chi connectivity index (χ1) is 8.63. The van der Waals surface area contributed by atoms with Crippen LogP contribution in [0.1, 0.15) is 25.5 Å². The predicted octanol–water partition coefficient (Wildman–Crippen LogP) is 0.715. The fourth-order valence-corrected chi connectivity index (χ4v) is 1.69. The molecule has 1 aromatic rings. The summed E-state index contributed by atoms with van der Waals surface area (Å²) in [6, 6.07) is 6.30. The number of hydrogen-bond acceptors (Lipinski definition) is 4. The molecule has 0 fully saturated rings. The lowest BCUT2D eigenvalue weighted by Crippen LogP contribution is -2.34. The van der Waals surface area contributed by atoms with Crippen molar-refractivity contribution in [1.82, 2.24) is 15.3 Å². The quantitative estimate of drug-likeness (QED) is 0.425. The van der Waals surface area contributed by atoms with Gasteiger partial charge in [0.1, 0.15) is 0 Å². The molecule has 0 radical (unpaired) electrons. The molecule has 100 valence electrons. The van der Waals surface area contributed by atoms with Crippen LogP contribution in [0, 0.1) is 0 Å². The molecule has 5 nitrogen and oxygen atoms in total. The van der Waals surface area contributed by atoms with Crippen molar-refractivity contribution in [3.05, 3.63) is 30.1 Å². The Morgan fingerprint density at radius 1 is 1.56 bits per heavy atom. The van der Waals surface area contributed by atoms with Gasteiger partial charge in [0.25, 0.3) is 0 Å². The minimum atomic E-state index is -0.111. The summed E-state index contributed by atoms with van der Waals surface area (Å²) in [6.45, 7) is 3.05. The Bertz CT molecular complexity index is 355. The monoisotopic (exact) mass is 250 g/mol. The summed E-state index contributed by atoms with van der Waals surface area (Å²) >= 11 is 0. The van der Waals surface area contributed by atoms with Crippen molar-refractivity contribution in [3.8, 4) is 0 Å². The van der Waals surface area contributed by atoms with Crippen LogP contribution in [-0.2, 0) is 11.2 Å². The Morgan fingerprint density at radius 2 is 2.33 bits per heavy atom. The van der Waals surface area contributed by atoms with Gasteiger partial charge in [0.15, 0.2) is 0 Å². The lowest BCUT2D eigenvalue weighted by atomic mass is 10.1. The molecule has 18 heavy (non-hydrogen) atoms. The third-order valence-corrected chi connectivity index (χ3v) is 3.15. The predicted molar refractivity (Wildman–Crippen MR) is 71.6 cm³/mol. The molecule has 1 unspecified atom stereocenters. The van der Waals surface area contributed by atoms with Gasteiger partial charge in [0.2, 0.25) is 5.91 Å². The van der Waals surface area contributed by atoms with E-state index in [9.17, 15) is 4.79 Å². The van der Waals surface area contributed by atoms with Crippen molar-refractivity contribution >= 4 is 5.91 Å². The number of likely N-dealkylation sites (N-methyl/N-ethyl adjacent to an activating group) is 1. The van der Waals surface area contributed by atoms with Gasteiger partial charge >= 0.3 is 0 Å². The Hall–Kier alpha value is -1.46. The van der Waals surface area contributed by atoms with Crippen molar-refractivity contribution in [2.75, 3.05) is 13.6 Å². The van der Waals surface area contributed by atoms with E-state index in [1.807, 2.05) is 24.4 Å². The van der Waals surface area contributed by atoms with Crippen molar-refractivity contribution in [2.24, 2.45) is 5.84 Å². The Balaban J connectivity index is 2.27. The average molecular weight is 250 g/mol. The molecule has 1 atom stereocenters. The number of hydrazine groups is 1. The van der Waals surface area contributed by atoms with Crippen LogP contribution in [0.5, 0.6) is 0 Å². The summed E-state index contributed by atoms with van der Waals surface area (Å²) < 4.78 is 0. The molecular formula is C13H22N4O. The van der Waals surface area contributed by atoms with Crippen molar-refractivity contribution in [3.63, 3.8) is 0 Å². The largest absolute Gasteiger partial charge is 0.303 e. The molecule has 0 bridgehead atoms. The summed E-state index contributed by atoms with van der Waals surface area (Å²) in [6.07, 6.45) is 4.00. The minimum absolute atomic E-state index is 0.111. The number of nitrogens with one attached hydrogen (secondary N) is 1. The maximum absolute atomic E-state index is 11.1. The van der Waals surface area contributed by atoms with Crippen LogP contribution in [0.2, 0.25) is 0 Å². The highest BCUT2D eigenvalue weighted by atomic mass is 16.2. The first kappa shape index (κ1) is 14.6. The molecule has 1 rings (SSSR count). The molecule has 1 heterocycles. The number of carbonyl (C=O) groups excluding carboxylic acids is 1. The number of rotatable bonds is 7. The van der Waals surface area contributed by atoms with Crippen LogP contribution in [0.25, 0.3) is 0 Å². The maximum atomic E-state index is 11.1. The molecule has 0 spiro atoms. The van der Waals surface area contributed by atoms with Gasteiger partial charge in [-0.05, 0) is 32.5 Å². The average Bonchev–Trinajstić information content (AvgIpc) is 2.42. The molecule has 0 saturated heterocycles. The standard InChI is InChI=1S/C13H22N4O/c1-11(6-7-13(18)16-14)17(2)10-8-12-5-3-4-9-15-12/h3-5,9,11H,6-8,10,14H2,1-2H3,(H,16,18). The highest BCUT2D eigenvalue weighted by Gasteiger charge is 2.11. The molecule has 0 aliphatic heterocycles. The Kier molecular flexibility index (Phi) is 6.32. The summed E-state index contributed by atoms with van der Waals surface area (Å²) in [5.74, 6) is 4.94. The van der Waals surface area contributed by atoms with Crippen molar-refractivity contribution in [1.29, 1.82) is 0 Å². The van der Waals surface area contributed by atoms with Gasteiger partial charge in [-0.15, -0.1) is 0 Å². The van der Waals surface area contributed by atoms with Gasteiger partial charge in [-0.1, -0.05) is 6.07 Å². The molecule has 0 aromatic carbocycles. The van der Waals surface area contributed by atoms with E-state index >= 15 is 0 Å². The van der Waals surface area contributed by atoms with E-state index in [1.165, 1.54) is 0 Å². The third kappa shape index (κ3) is 5.25. The zero-order valence-corrected chi connectivity index (χ0v) is 11.1. The molecule has 3 N–H and O–H groups in total. The third-order valence-electron chi connectivity index (χ3n) is 3.15. The van der Waals surface area contributed by atoms with Crippen LogP contribution in [0.3, 0.4) is 0 Å². The first-order valence-corrected chi connectivity index (χ1v) is 6.23. The van der Waals surface area contributed by atoms with E-state index in [2.05, 4.69) is 29.3 Å². The second-order valence-electron chi connectivity index (χ2n) is 4.51. The number of pyridine rings is 1. The Labute approximate surface area is 108 Å². The lowest BCUT2D eigenvalue weighted by Gasteiger charge is -2.24. The minimum Gasteiger partial charge on any atom is -0.303 e. The second kappa shape index (κ2) is 7.79. The number of aromatic nitrogens is 1. The fourth-order valence-electron chi connectivity index (χ4n) is 1.69. The molecule has 1 amide bonds. The maximum Gasteiger partial charge on any atom is 0.233 e. The number of amides is 1. The summed E-state index contributed by atoms with van der Waals surface area (Å²) in [5.41, 5.74) is 3.24. The Morgan fingerprint density at radius 3 is 2.94 bits per heavy atom. The van der Waals surface area contributed by atoms with E-state index in [-0.39, 0.29) is 5.91 Å². The molecule has 5 heteroatoms. The number of nitrogens with zero attached hydrogens (tertiary/aromatic N) is 2. The lowest BCUT2D eigenvalue weighted by molar-refractivity contribution is -0.121. The molecular weight excluding hydrogens is 228 g/mol. The zero-order chi connectivity index (χ0) is 13.4. The van der Waals surface area contributed by atoms with Crippen LogP contribution in [0.15, 0.2) is 24.4 Å². The van der Waals surface area contributed by atoms with Gasteiger partial charge in [-0.25, -0.2) is 5.84 Å². The van der Waals surface area contributed by atoms with Crippen molar-refractivity contribution < 1.29 is 4.79 Å². The van der Waals surface area contributed by atoms with Gasteiger partial charge < -0.3 is 4.90 Å². The van der Waals surface area contributed by atoms with Crippen molar-refractivity contribution in [2.45, 2.75) is 32.2 Å². The summed E-state index contributed by atoms with van der Waals surface area (Å²) in [7, 11) is 2.06. The van der Waals surface area contributed by atoms with Gasteiger partial charge in [-0.3, -0.25) is 15.2 Å². The van der Waals surface area contributed by atoms with Crippen LogP contribution in [-0.4, -0.2) is 35.4 Å². The highest BCUT2D eigenvalue weighted by Crippen LogP contribution is 2.05. The number of nitrogens with two attached hydrogens (primary N) is 1. The van der Waals surface area contributed by atoms with E-state index in [1.54, 1.807) is 0 Å². The van der Waals surface area contributed by atoms with Crippen LogP contribution in [0.4, 0.5) is 0 Å².